The van der Waals surface area contributed by atoms with Gasteiger partial charge in [0.05, 0.1) is 4.90 Å². The fourth-order valence-electron chi connectivity index (χ4n) is 3.61. The minimum atomic E-state index is -3.40. The summed E-state index contributed by atoms with van der Waals surface area (Å²) >= 11 is 0. The summed E-state index contributed by atoms with van der Waals surface area (Å²) in [6.07, 6.45) is 4.17. The maximum atomic E-state index is 12.5. The first-order valence-electron chi connectivity index (χ1n) is 7.21. The van der Waals surface area contributed by atoms with Gasteiger partial charge in [-0.2, -0.15) is 0 Å². The second kappa shape index (κ2) is 5.01. The van der Waals surface area contributed by atoms with Gasteiger partial charge in [0.15, 0.2) is 0 Å². The number of aryl methyl sites for hydroxylation is 1. The van der Waals surface area contributed by atoms with E-state index in [-0.39, 0.29) is 6.04 Å². The van der Waals surface area contributed by atoms with Gasteiger partial charge in [0.2, 0.25) is 10.0 Å². The molecule has 2 aliphatic carbocycles. The highest BCUT2D eigenvalue weighted by molar-refractivity contribution is 7.89. The Hall–Kier alpha value is -1.13. The van der Waals surface area contributed by atoms with E-state index in [1.165, 1.54) is 5.57 Å². The van der Waals surface area contributed by atoms with Crippen molar-refractivity contribution >= 4 is 10.0 Å². The molecule has 2 aliphatic rings. The summed E-state index contributed by atoms with van der Waals surface area (Å²) in [5.74, 6) is 0.864. The van der Waals surface area contributed by atoms with Crippen LogP contribution in [0.1, 0.15) is 31.2 Å². The summed E-state index contributed by atoms with van der Waals surface area (Å²) < 4.78 is 27.9. The van der Waals surface area contributed by atoms with Crippen LogP contribution >= 0.6 is 0 Å². The lowest BCUT2D eigenvalue weighted by molar-refractivity contribution is 0.332. The summed E-state index contributed by atoms with van der Waals surface area (Å²) in [6, 6.07) is 7.13. The first-order valence-corrected chi connectivity index (χ1v) is 8.70. The van der Waals surface area contributed by atoms with Crippen LogP contribution in [0.5, 0.6) is 0 Å². The zero-order valence-corrected chi connectivity index (χ0v) is 12.6. The second-order valence-corrected chi connectivity index (χ2v) is 7.93. The van der Waals surface area contributed by atoms with E-state index in [2.05, 4.69) is 11.3 Å². The highest BCUT2D eigenvalue weighted by Gasteiger charge is 2.42. The van der Waals surface area contributed by atoms with Crippen LogP contribution in [0, 0.1) is 18.8 Å². The van der Waals surface area contributed by atoms with Crippen LogP contribution in [0.3, 0.4) is 0 Å². The van der Waals surface area contributed by atoms with Crippen LogP contribution in [0.4, 0.5) is 0 Å². The van der Waals surface area contributed by atoms with Crippen LogP contribution < -0.4 is 4.72 Å². The van der Waals surface area contributed by atoms with E-state index < -0.39 is 10.0 Å². The molecular weight excluding hydrogens is 270 g/mol. The summed E-state index contributed by atoms with van der Waals surface area (Å²) in [6.45, 7) is 6.03. The molecule has 108 valence electrons. The molecule has 0 amide bonds. The molecule has 2 fully saturated rings. The minimum absolute atomic E-state index is 0.0896. The highest BCUT2D eigenvalue weighted by Crippen LogP contribution is 2.44. The maximum Gasteiger partial charge on any atom is 0.240 e. The van der Waals surface area contributed by atoms with Gasteiger partial charge in [-0.05, 0) is 56.6 Å². The number of sulfonamides is 1. The molecule has 0 aromatic heterocycles. The first-order chi connectivity index (χ1) is 9.45. The van der Waals surface area contributed by atoms with Crippen molar-refractivity contribution in [1.82, 2.24) is 4.72 Å². The van der Waals surface area contributed by atoms with Crippen molar-refractivity contribution in [2.45, 2.75) is 43.5 Å². The molecule has 3 rings (SSSR count). The predicted octanol–water partition coefficient (Wildman–Crippen LogP) is 3.02. The van der Waals surface area contributed by atoms with E-state index >= 15 is 0 Å². The van der Waals surface area contributed by atoms with Crippen LogP contribution in [-0.4, -0.2) is 14.5 Å². The molecule has 0 saturated heterocycles. The monoisotopic (exact) mass is 291 g/mol. The predicted molar refractivity (Wildman–Crippen MR) is 79.9 cm³/mol. The SMILES string of the molecule is C=C1CC2CCC(C1)C2NS(=O)(=O)c1ccc(C)cc1. The summed E-state index contributed by atoms with van der Waals surface area (Å²) in [7, 11) is -3.40. The molecule has 2 atom stereocenters. The average molecular weight is 291 g/mol. The van der Waals surface area contributed by atoms with Crippen LogP contribution in [0.2, 0.25) is 0 Å². The Balaban J connectivity index is 1.80. The van der Waals surface area contributed by atoms with Gasteiger partial charge in [0, 0.05) is 6.04 Å². The molecule has 0 aliphatic heterocycles. The number of hydrogen-bond donors (Lipinski definition) is 1. The summed E-state index contributed by atoms with van der Waals surface area (Å²) in [4.78, 5) is 0.368. The molecule has 0 spiro atoms. The van der Waals surface area contributed by atoms with E-state index in [0.29, 0.717) is 16.7 Å². The van der Waals surface area contributed by atoms with E-state index in [0.717, 1.165) is 31.2 Å². The fourth-order valence-corrected chi connectivity index (χ4v) is 4.99. The average Bonchev–Trinajstić information content (AvgIpc) is 2.62. The van der Waals surface area contributed by atoms with Crippen molar-refractivity contribution in [2.75, 3.05) is 0 Å². The molecular formula is C16H21NO2S. The molecule has 3 nitrogen and oxygen atoms in total. The Morgan fingerprint density at radius 1 is 1.10 bits per heavy atom. The Labute approximate surface area is 121 Å². The van der Waals surface area contributed by atoms with Crippen molar-refractivity contribution in [3.05, 3.63) is 42.0 Å². The number of rotatable bonds is 3. The van der Waals surface area contributed by atoms with E-state index in [9.17, 15) is 8.42 Å². The Kier molecular flexibility index (Phi) is 3.46. The van der Waals surface area contributed by atoms with Crippen LogP contribution in [-0.2, 0) is 10.0 Å². The van der Waals surface area contributed by atoms with E-state index in [1.54, 1.807) is 12.1 Å². The van der Waals surface area contributed by atoms with E-state index in [4.69, 9.17) is 0 Å². The third-order valence-electron chi connectivity index (χ3n) is 4.65. The lowest BCUT2D eigenvalue weighted by Crippen LogP contribution is -2.43. The maximum absolute atomic E-state index is 12.5. The van der Waals surface area contributed by atoms with Crippen molar-refractivity contribution in [1.29, 1.82) is 0 Å². The third-order valence-corrected chi connectivity index (χ3v) is 6.12. The normalized spacial score (nSPS) is 29.6. The van der Waals surface area contributed by atoms with Gasteiger partial charge < -0.3 is 0 Å². The molecule has 4 heteroatoms. The molecule has 2 bridgehead atoms. The number of benzene rings is 1. The smallest absolute Gasteiger partial charge is 0.207 e. The molecule has 1 aromatic rings. The quantitative estimate of drug-likeness (QED) is 0.870. The van der Waals surface area contributed by atoms with Crippen molar-refractivity contribution in [3.63, 3.8) is 0 Å². The van der Waals surface area contributed by atoms with Gasteiger partial charge in [-0.15, -0.1) is 0 Å². The molecule has 0 radical (unpaired) electrons. The van der Waals surface area contributed by atoms with Gasteiger partial charge in [-0.3, -0.25) is 0 Å². The first kappa shape index (κ1) is 13.8. The van der Waals surface area contributed by atoms with Gasteiger partial charge in [0.25, 0.3) is 0 Å². The van der Waals surface area contributed by atoms with Crippen molar-refractivity contribution in [2.24, 2.45) is 11.8 Å². The van der Waals surface area contributed by atoms with Crippen LogP contribution in [0.25, 0.3) is 0 Å². The Morgan fingerprint density at radius 2 is 1.65 bits per heavy atom. The topological polar surface area (TPSA) is 46.2 Å². The number of allylic oxidation sites excluding steroid dienone is 1. The second-order valence-electron chi connectivity index (χ2n) is 6.22. The summed E-state index contributed by atoms with van der Waals surface area (Å²) in [5, 5.41) is 0. The highest BCUT2D eigenvalue weighted by atomic mass is 32.2. The molecule has 20 heavy (non-hydrogen) atoms. The molecule has 2 unspecified atom stereocenters. The Morgan fingerprint density at radius 3 is 2.20 bits per heavy atom. The number of hydrogen-bond acceptors (Lipinski definition) is 2. The molecule has 1 N–H and O–H groups in total. The number of fused-ring (bicyclic) bond motifs is 2. The molecule has 0 heterocycles. The van der Waals surface area contributed by atoms with Gasteiger partial charge >= 0.3 is 0 Å². The lowest BCUT2D eigenvalue weighted by atomic mass is 9.82. The van der Waals surface area contributed by atoms with E-state index in [1.807, 2.05) is 19.1 Å². The molecule has 1 aromatic carbocycles. The standard InChI is InChI=1S/C16H21NO2S/c1-11-3-7-15(8-4-11)20(18,19)17-16-13-5-6-14(16)10-12(2)9-13/h3-4,7-8,13-14,16-17H,2,5-6,9-10H2,1H3. The van der Waals surface area contributed by atoms with Crippen LogP contribution in [0.15, 0.2) is 41.3 Å². The number of nitrogens with one attached hydrogen (secondary N) is 1. The van der Waals surface area contributed by atoms with Crippen molar-refractivity contribution < 1.29 is 8.42 Å². The largest absolute Gasteiger partial charge is 0.240 e. The zero-order valence-electron chi connectivity index (χ0n) is 11.8. The summed E-state index contributed by atoms with van der Waals surface area (Å²) in [5.41, 5.74) is 2.35. The Bertz CT molecular complexity index is 602. The van der Waals surface area contributed by atoms with Gasteiger partial charge in [0.1, 0.15) is 0 Å². The molecule has 2 saturated carbocycles. The van der Waals surface area contributed by atoms with Crippen molar-refractivity contribution in [3.8, 4) is 0 Å². The van der Waals surface area contributed by atoms with Gasteiger partial charge in [-0.25, -0.2) is 13.1 Å². The lowest BCUT2D eigenvalue weighted by Gasteiger charge is -2.31. The fraction of sp³-hybridized carbons (Fsp3) is 0.500. The zero-order chi connectivity index (χ0) is 14.3. The minimum Gasteiger partial charge on any atom is -0.207 e. The van der Waals surface area contributed by atoms with Gasteiger partial charge in [-0.1, -0.05) is 29.8 Å². The third kappa shape index (κ3) is 2.54.